The molecule has 1 aliphatic rings. The first kappa shape index (κ1) is 24.0. The predicted molar refractivity (Wildman–Crippen MR) is 119 cm³/mol. The molecule has 1 heteroatoms. The lowest BCUT2D eigenvalue weighted by Crippen LogP contribution is -1.89. The maximum absolute atomic E-state index is 8.38. The van der Waals surface area contributed by atoms with Crippen LogP contribution in [0.2, 0.25) is 0 Å². The highest BCUT2D eigenvalue weighted by molar-refractivity contribution is 5.51. The molecular formula is C25H39O+. The zero-order valence-corrected chi connectivity index (χ0v) is 17.9. The predicted octanol–water partition coefficient (Wildman–Crippen LogP) is 7.48. The highest BCUT2D eigenvalue weighted by Gasteiger charge is 2.07. The second kappa shape index (κ2) is 14.2. The third kappa shape index (κ3) is 8.38. The molecule has 0 bridgehead atoms. The van der Waals surface area contributed by atoms with Gasteiger partial charge in [0.25, 0.3) is 5.76 Å². The molecule has 0 saturated heterocycles. The van der Waals surface area contributed by atoms with E-state index < -0.39 is 0 Å². The van der Waals surface area contributed by atoms with Crippen LogP contribution in [0.15, 0.2) is 82.2 Å². The fourth-order valence-electron chi connectivity index (χ4n) is 2.54. The lowest BCUT2D eigenvalue weighted by molar-refractivity contribution is 0.423. The molecule has 144 valence electrons. The van der Waals surface area contributed by atoms with Crippen LogP contribution in [0.5, 0.6) is 0 Å². The maximum Gasteiger partial charge on any atom is 0.257 e. The second-order valence-electron chi connectivity index (χ2n) is 6.09. The van der Waals surface area contributed by atoms with Gasteiger partial charge in [0.2, 0.25) is 0 Å². The fourth-order valence-corrected chi connectivity index (χ4v) is 2.54. The van der Waals surface area contributed by atoms with Crippen molar-refractivity contribution in [2.24, 2.45) is 0 Å². The average molecular weight is 356 g/mol. The molecular weight excluding hydrogens is 316 g/mol. The first-order chi connectivity index (χ1) is 12.5. The van der Waals surface area contributed by atoms with Crippen molar-refractivity contribution < 1.29 is 5.11 Å². The Labute approximate surface area is 161 Å². The highest BCUT2D eigenvalue weighted by atomic mass is 16.3. The Kier molecular flexibility index (Phi) is 13.1. The van der Waals surface area contributed by atoms with Crippen molar-refractivity contribution >= 4 is 0 Å². The van der Waals surface area contributed by atoms with Crippen LogP contribution < -0.4 is 0 Å². The first-order valence-corrected chi connectivity index (χ1v) is 10.1. The molecule has 0 unspecified atom stereocenters. The summed E-state index contributed by atoms with van der Waals surface area (Å²) in [7, 11) is 0. The molecule has 0 radical (unpaired) electrons. The lowest BCUT2D eigenvalue weighted by atomic mass is 10.0. The Bertz CT molecular complexity index is 625. The Hall–Kier alpha value is -2.02. The van der Waals surface area contributed by atoms with Crippen LogP contribution in [-0.4, -0.2) is 5.11 Å². The second-order valence-corrected chi connectivity index (χ2v) is 6.09. The average Bonchev–Trinajstić information content (AvgIpc) is 2.93. The molecule has 1 nitrogen and oxygen atoms in total. The molecule has 0 atom stereocenters. The van der Waals surface area contributed by atoms with Crippen LogP contribution in [-0.2, 0) is 0 Å². The monoisotopic (exact) mass is 355 g/mol. The summed E-state index contributed by atoms with van der Waals surface area (Å²) in [5, 5.41) is 8.38. The van der Waals surface area contributed by atoms with Crippen molar-refractivity contribution in [3.05, 3.63) is 82.2 Å². The molecule has 0 aromatic heterocycles. The van der Waals surface area contributed by atoms with Gasteiger partial charge >= 0.3 is 0 Å². The van der Waals surface area contributed by atoms with Crippen LogP contribution in [0.4, 0.5) is 0 Å². The molecule has 1 rings (SSSR count). The van der Waals surface area contributed by atoms with E-state index in [0.29, 0.717) is 5.76 Å². The minimum atomic E-state index is 0.573. The van der Waals surface area contributed by atoms with Crippen LogP contribution in [0.3, 0.4) is 0 Å². The highest BCUT2D eigenvalue weighted by Crippen LogP contribution is 2.22. The Morgan fingerprint density at radius 2 is 1.73 bits per heavy atom. The summed E-state index contributed by atoms with van der Waals surface area (Å²) < 4.78 is 0. The van der Waals surface area contributed by atoms with Gasteiger partial charge in [-0.3, -0.25) is 0 Å². The summed E-state index contributed by atoms with van der Waals surface area (Å²) in [5.74, 6) is 0.573. The smallest absolute Gasteiger partial charge is 0.257 e. The molecule has 0 aromatic carbocycles. The van der Waals surface area contributed by atoms with E-state index in [1.165, 1.54) is 16.7 Å². The van der Waals surface area contributed by atoms with E-state index >= 15 is 0 Å². The largest absolute Gasteiger partial charge is 0.593 e. The standard InChI is InChI=1S/C23H32O.C2H6/c1-6-19(7-2)14-13-18(5)23(24)17-21(9-4)22-12-10-11-20(8-3)15-16-22;1-2/h9-10,12-17,24H,6-8,11H2,1-5H3;1-2H3/p+1/b18-13+,21-9+,23-17-;. The number of hydrogen-bond donors (Lipinski definition) is 0. The van der Waals surface area contributed by atoms with Crippen molar-refractivity contribution in [3.8, 4) is 0 Å². The van der Waals surface area contributed by atoms with Gasteiger partial charge in [-0.2, -0.15) is 0 Å². The zero-order valence-electron chi connectivity index (χ0n) is 17.9. The number of rotatable bonds is 7. The molecule has 0 aliphatic heterocycles. The van der Waals surface area contributed by atoms with Crippen molar-refractivity contribution in [1.82, 2.24) is 0 Å². The van der Waals surface area contributed by atoms with Crippen molar-refractivity contribution in [1.29, 1.82) is 0 Å². The van der Waals surface area contributed by atoms with Gasteiger partial charge in [0.1, 0.15) is 0 Å². The van der Waals surface area contributed by atoms with E-state index in [1.54, 1.807) is 0 Å². The molecule has 0 saturated carbocycles. The van der Waals surface area contributed by atoms with Crippen LogP contribution in [0, 0.1) is 0 Å². The van der Waals surface area contributed by atoms with Crippen LogP contribution >= 0.6 is 0 Å². The summed E-state index contributed by atoms with van der Waals surface area (Å²) >= 11 is 0. The van der Waals surface area contributed by atoms with E-state index in [0.717, 1.165) is 36.8 Å². The third-order valence-corrected chi connectivity index (χ3v) is 4.48. The Balaban J connectivity index is 0.00000301. The summed E-state index contributed by atoms with van der Waals surface area (Å²) in [6, 6.07) is 0. The van der Waals surface area contributed by atoms with E-state index in [1.807, 2.05) is 33.8 Å². The van der Waals surface area contributed by atoms with Crippen molar-refractivity contribution in [2.75, 3.05) is 0 Å². The van der Waals surface area contributed by atoms with E-state index in [2.05, 4.69) is 63.3 Å². The van der Waals surface area contributed by atoms with E-state index in [-0.39, 0.29) is 0 Å². The molecule has 26 heavy (non-hydrogen) atoms. The first-order valence-electron chi connectivity index (χ1n) is 10.1. The van der Waals surface area contributed by atoms with Gasteiger partial charge in [-0.05, 0) is 50.7 Å². The normalized spacial score (nSPS) is 15.4. The third-order valence-electron chi connectivity index (χ3n) is 4.48. The van der Waals surface area contributed by atoms with Crippen molar-refractivity contribution in [3.63, 3.8) is 0 Å². The minimum Gasteiger partial charge on any atom is -0.593 e. The molecule has 0 aromatic rings. The number of hydrogen-bond acceptors (Lipinski definition) is 0. The summed E-state index contributed by atoms with van der Waals surface area (Å²) in [6.07, 6.45) is 21.3. The van der Waals surface area contributed by atoms with Gasteiger partial charge in [-0.15, -0.1) is 0 Å². The quantitative estimate of drug-likeness (QED) is 0.257. The summed E-state index contributed by atoms with van der Waals surface area (Å²) in [4.78, 5) is 0. The number of allylic oxidation sites excluding steroid dienone is 13. The Morgan fingerprint density at radius 1 is 1.08 bits per heavy atom. The van der Waals surface area contributed by atoms with Crippen LogP contribution in [0.1, 0.15) is 74.1 Å². The molecule has 1 aliphatic carbocycles. The SMILES string of the molecule is CC.C\C=C(/C=C([OH2+])/C(C)=C/C=C(CC)CC)C1=CC=C(CC)CC=C1. The lowest BCUT2D eigenvalue weighted by Gasteiger charge is -2.03. The van der Waals surface area contributed by atoms with Gasteiger partial charge in [0, 0.05) is 11.6 Å². The van der Waals surface area contributed by atoms with Crippen LogP contribution in [0.25, 0.3) is 0 Å². The van der Waals surface area contributed by atoms with Gasteiger partial charge < -0.3 is 5.11 Å². The molecule has 0 spiro atoms. The summed E-state index contributed by atoms with van der Waals surface area (Å²) in [6.45, 7) is 14.6. The van der Waals surface area contributed by atoms with E-state index in [4.69, 9.17) is 5.11 Å². The molecule has 0 amide bonds. The van der Waals surface area contributed by atoms with E-state index in [9.17, 15) is 0 Å². The van der Waals surface area contributed by atoms with Crippen molar-refractivity contribution in [2.45, 2.75) is 74.1 Å². The van der Waals surface area contributed by atoms with Gasteiger partial charge in [0.15, 0.2) is 0 Å². The molecule has 0 heterocycles. The molecule has 0 fully saturated rings. The maximum atomic E-state index is 8.38. The fraction of sp³-hybridized carbons (Fsp3) is 0.440. The summed E-state index contributed by atoms with van der Waals surface area (Å²) in [5.41, 5.74) is 6.14. The molecule has 2 N–H and O–H groups in total. The van der Waals surface area contributed by atoms with Gasteiger partial charge in [-0.1, -0.05) is 88.3 Å². The minimum absolute atomic E-state index is 0.573. The Morgan fingerprint density at radius 3 is 2.27 bits per heavy atom. The zero-order chi connectivity index (χ0) is 19.9. The van der Waals surface area contributed by atoms with Gasteiger partial charge in [-0.25, -0.2) is 0 Å². The topological polar surface area (TPSA) is 22.9 Å². The van der Waals surface area contributed by atoms with Gasteiger partial charge in [0.05, 0.1) is 0 Å².